The molecule has 1 aliphatic rings. The summed E-state index contributed by atoms with van der Waals surface area (Å²) in [7, 11) is 0. The first-order valence-electron chi connectivity index (χ1n) is 8.33. The molecule has 1 amide bonds. The van der Waals surface area contributed by atoms with Crippen molar-refractivity contribution in [2.24, 2.45) is 0 Å². The minimum absolute atomic E-state index is 0.0262. The van der Waals surface area contributed by atoms with Gasteiger partial charge in [-0.1, -0.05) is 52.0 Å². The Balaban J connectivity index is 2.31. The van der Waals surface area contributed by atoms with Crippen molar-refractivity contribution in [2.75, 3.05) is 0 Å². The fourth-order valence-corrected chi connectivity index (χ4v) is 3.21. The third kappa shape index (κ3) is 3.13. The zero-order valence-electron chi connectivity index (χ0n) is 13.7. The molecule has 1 aliphatic heterocycles. The monoisotopic (exact) mass is 288 g/mol. The zero-order chi connectivity index (χ0) is 15.4. The molecule has 1 heterocycles. The van der Waals surface area contributed by atoms with E-state index in [2.05, 4.69) is 62.2 Å². The van der Waals surface area contributed by atoms with Gasteiger partial charge >= 0.3 is 0 Å². The van der Waals surface area contributed by atoms with E-state index in [0.29, 0.717) is 6.04 Å². The molecule has 3 nitrogen and oxygen atoms in total. The average molecular weight is 288 g/mol. The lowest BCUT2D eigenvalue weighted by atomic mass is 10.0. The molecule has 3 heteroatoms. The van der Waals surface area contributed by atoms with Crippen molar-refractivity contribution < 1.29 is 4.79 Å². The van der Waals surface area contributed by atoms with Gasteiger partial charge in [-0.05, 0) is 36.8 Å². The molecule has 1 fully saturated rings. The summed E-state index contributed by atoms with van der Waals surface area (Å²) in [5.74, 6) is 0.260. The normalized spacial score (nSPS) is 22.3. The molecule has 1 aromatic carbocycles. The number of carbonyl (C=O) groups is 1. The van der Waals surface area contributed by atoms with Gasteiger partial charge in [-0.3, -0.25) is 10.1 Å². The van der Waals surface area contributed by atoms with Gasteiger partial charge in [0.05, 0.1) is 6.04 Å². The number of rotatable bonds is 6. The summed E-state index contributed by atoms with van der Waals surface area (Å²) in [6, 6.07) is 8.95. The van der Waals surface area contributed by atoms with Gasteiger partial charge < -0.3 is 4.90 Å². The van der Waals surface area contributed by atoms with Crippen LogP contribution in [0.4, 0.5) is 0 Å². The van der Waals surface area contributed by atoms with E-state index < -0.39 is 0 Å². The molecule has 2 atom stereocenters. The summed E-state index contributed by atoms with van der Waals surface area (Å²) in [5, 5.41) is 3.52. The van der Waals surface area contributed by atoms with Crippen LogP contribution in [0, 0.1) is 0 Å². The number of aryl methyl sites for hydroxylation is 1. The van der Waals surface area contributed by atoms with E-state index in [9.17, 15) is 4.79 Å². The molecular formula is C18H28N2O. The maximum Gasteiger partial charge on any atom is 0.241 e. The first-order valence-corrected chi connectivity index (χ1v) is 8.33. The van der Waals surface area contributed by atoms with Gasteiger partial charge in [0, 0.05) is 6.04 Å². The van der Waals surface area contributed by atoms with Gasteiger partial charge in [-0.25, -0.2) is 0 Å². The molecule has 0 aromatic heterocycles. The predicted molar refractivity (Wildman–Crippen MR) is 87.0 cm³/mol. The second kappa shape index (κ2) is 7.08. The second-order valence-electron chi connectivity index (χ2n) is 5.84. The molecule has 0 bridgehead atoms. The van der Waals surface area contributed by atoms with Crippen LogP contribution in [0.3, 0.4) is 0 Å². The lowest BCUT2D eigenvalue weighted by Crippen LogP contribution is -2.39. The van der Waals surface area contributed by atoms with E-state index in [-0.39, 0.29) is 18.1 Å². The highest BCUT2D eigenvalue weighted by Crippen LogP contribution is 2.30. The Hall–Kier alpha value is -1.35. The van der Waals surface area contributed by atoms with Crippen LogP contribution in [0.15, 0.2) is 24.3 Å². The fraction of sp³-hybridized carbons (Fsp3) is 0.611. The highest BCUT2D eigenvalue weighted by molar-refractivity contribution is 5.84. The van der Waals surface area contributed by atoms with Crippen molar-refractivity contribution in [2.45, 2.75) is 71.6 Å². The van der Waals surface area contributed by atoms with Gasteiger partial charge in [0.2, 0.25) is 5.91 Å². The van der Waals surface area contributed by atoms with E-state index in [0.717, 1.165) is 25.7 Å². The Bertz CT molecular complexity index is 465. The molecule has 0 radical (unpaired) electrons. The van der Waals surface area contributed by atoms with E-state index >= 15 is 0 Å². The predicted octanol–water partition coefficient (Wildman–Crippen LogP) is 3.65. The summed E-state index contributed by atoms with van der Waals surface area (Å²) in [6.45, 7) is 8.56. The maximum atomic E-state index is 12.7. The molecular weight excluding hydrogens is 260 g/mol. The van der Waals surface area contributed by atoms with Crippen LogP contribution in [0.1, 0.15) is 64.3 Å². The summed E-state index contributed by atoms with van der Waals surface area (Å²) >= 11 is 0. The van der Waals surface area contributed by atoms with Gasteiger partial charge in [-0.2, -0.15) is 0 Å². The lowest BCUT2D eigenvalue weighted by molar-refractivity contribution is -0.132. The zero-order valence-corrected chi connectivity index (χ0v) is 13.7. The van der Waals surface area contributed by atoms with E-state index in [1.807, 2.05) is 0 Å². The molecule has 0 saturated carbocycles. The average Bonchev–Trinajstić information content (AvgIpc) is 2.86. The van der Waals surface area contributed by atoms with Crippen LogP contribution >= 0.6 is 0 Å². The summed E-state index contributed by atoms with van der Waals surface area (Å²) in [4.78, 5) is 14.7. The van der Waals surface area contributed by atoms with Gasteiger partial charge in [-0.15, -0.1) is 0 Å². The van der Waals surface area contributed by atoms with E-state index in [4.69, 9.17) is 0 Å². The maximum absolute atomic E-state index is 12.7. The topological polar surface area (TPSA) is 32.3 Å². The van der Waals surface area contributed by atoms with Crippen LogP contribution in [0.2, 0.25) is 0 Å². The van der Waals surface area contributed by atoms with Crippen molar-refractivity contribution in [1.82, 2.24) is 10.2 Å². The molecule has 116 valence electrons. The molecule has 1 aromatic rings. The highest BCUT2D eigenvalue weighted by atomic mass is 16.2. The van der Waals surface area contributed by atoms with Gasteiger partial charge in [0.25, 0.3) is 0 Å². The first kappa shape index (κ1) is 16.0. The molecule has 1 N–H and O–H groups in total. The molecule has 0 spiro atoms. The Labute approximate surface area is 128 Å². The summed E-state index contributed by atoms with van der Waals surface area (Å²) in [6.07, 6.45) is 3.93. The van der Waals surface area contributed by atoms with E-state index in [1.165, 1.54) is 11.1 Å². The molecule has 21 heavy (non-hydrogen) atoms. The molecule has 1 saturated heterocycles. The van der Waals surface area contributed by atoms with E-state index in [1.54, 1.807) is 0 Å². The third-order valence-corrected chi connectivity index (χ3v) is 4.64. The Morgan fingerprint density at radius 2 is 1.71 bits per heavy atom. The van der Waals surface area contributed by atoms with Gasteiger partial charge in [0.15, 0.2) is 0 Å². The summed E-state index contributed by atoms with van der Waals surface area (Å²) in [5.41, 5.74) is 2.53. The minimum atomic E-state index is -0.0403. The van der Waals surface area contributed by atoms with Crippen LogP contribution in [0.25, 0.3) is 0 Å². The third-order valence-electron chi connectivity index (χ3n) is 4.64. The minimum Gasteiger partial charge on any atom is -0.319 e. The lowest BCUT2D eigenvalue weighted by Gasteiger charge is -2.32. The van der Waals surface area contributed by atoms with Crippen molar-refractivity contribution in [3.8, 4) is 0 Å². The fourth-order valence-electron chi connectivity index (χ4n) is 3.21. The molecule has 2 rings (SSSR count). The van der Waals surface area contributed by atoms with Crippen molar-refractivity contribution in [1.29, 1.82) is 0 Å². The highest BCUT2D eigenvalue weighted by Gasteiger charge is 2.41. The number of nitrogens with zero attached hydrogens (tertiary/aromatic N) is 1. The standard InChI is InChI=1S/C18H28N2O/c1-5-13-9-11-14(12-10-13)17-19-16(8-4)18(21)20(17)15(6-2)7-3/h9-12,15-17,19H,5-8H2,1-4H3. The van der Waals surface area contributed by atoms with Crippen molar-refractivity contribution in [3.05, 3.63) is 35.4 Å². The first-order chi connectivity index (χ1) is 10.2. The Morgan fingerprint density at radius 1 is 1.10 bits per heavy atom. The van der Waals surface area contributed by atoms with Crippen molar-refractivity contribution >= 4 is 5.91 Å². The number of carbonyl (C=O) groups excluding carboxylic acids is 1. The quantitative estimate of drug-likeness (QED) is 0.866. The number of hydrogen-bond donors (Lipinski definition) is 1. The number of nitrogens with one attached hydrogen (secondary N) is 1. The summed E-state index contributed by atoms with van der Waals surface area (Å²) < 4.78 is 0. The number of hydrogen-bond acceptors (Lipinski definition) is 2. The number of amides is 1. The Kier molecular flexibility index (Phi) is 5.40. The SMILES string of the molecule is CCc1ccc(C2NC(CC)C(=O)N2C(CC)CC)cc1. The molecule has 0 aliphatic carbocycles. The van der Waals surface area contributed by atoms with Gasteiger partial charge in [0.1, 0.15) is 6.17 Å². The van der Waals surface area contributed by atoms with Crippen LogP contribution < -0.4 is 5.32 Å². The Morgan fingerprint density at radius 3 is 2.19 bits per heavy atom. The molecule has 2 unspecified atom stereocenters. The van der Waals surface area contributed by atoms with Crippen LogP contribution in [-0.4, -0.2) is 22.9 Å². The largest absolute Gasteiger partial charge is 0.319 e. The number of benzene rings is 1. The smallest absolute Gasteiger partial charge is 0.241 e. The van der Waals surface area contributed by atoms with Crippen LogP contribution in [-0.2, 0) is 11.2 Å². The van der Waals surface area contributed by atoms with Crippen LogP contribution in [0.5, 0.6) is 0 Å². The van der Waals surface area contributed by atoms with Crippen molar-refractivity contribution in [3.63, 3.8) is 0 Å². The second-order valence-corrected chi connectivity index (χ2v) is 5.84.